The number of hydrogen-bond acceptors (Lipinski definition) is 7. The van der Waals surface area contributed by atoms with Gasteiger partial charge in [0.15, 0.2) is 27.0 Å². The van der Waals surface area contributed by atoms with Gasteiger partial charge in [0.05, 0.1) is 11.1 Å². The molecule has 214 valence electrons. The Labute approximate surface area is 218 Å². The third kappa shape index (κ3) is 6.06. The van der Waals surface area contributed by atoms with Gasteiger partial charge >= 0.3 is 6.18 Å². The van der Waals surface area contributed by atoms with Gasteiger partial charge in [-0.15, -0.1) is 0 Å². The molecule has 0 unspecified atom stereocenters. The molecule has 1 saturated heterocycles. The van der Waals surface area contributed by atoms with Crippen LogP contribution < -0.4 is 15.8 Å². The Morgan fingerprint density at radius 1 is 1.26 bits per heavy atom. The molecule has 2 aromatic rings. The summed E-state index contributed by atoms with van der Waals surface area (Å²) in [6, 6.07) is 3.49. The summed E-state index contributed by atoms with van der Waals surface area (Å²) in [7, 11) is -3.61. The predicted molar refractivity (Wildman–Crippen MR) is 124 cm³/mol. The van der Waals surface area contributed by atoms with Crippen molar-refractivity contribution in [1.82, 2.24) is 4.73 Å². The van der Waals surface area contributed by atoms with E-state index >= 15 is 0 Å². The second-order valence-electron chi connectivity index (χ2n) is 9.14. The Morgan fingerprint density at radius 3 is 2.46 bits per heavy atom. The zero-order valence-electron chi connectivity index (χ0n) is 20.7. The molecule has 1 fully saturated rings. The molecule has 2 amide bonds. The molecule has 39 heavy (non-hydrogen) atoms. The second kappa shape index (κ2) is 10.6. The molecule has 0 saturated carbocycles. The number of alkyl halides is 3. The van der Waals surface area contributed by atoms with Gasteiger partial charge < -0.3 is 20.4 Å². The highest BCUT2D eigenvalue weighted by Gasteiger charge is 2.66. The Balaban J connectivity index is 2.16. The standard InChI is InChI=1S/C23H24F5N3O7S/c1-11-16(13-4-5-14(24)17(25)18(13)37-8-9-39(3,35)36)19(38-22(11,2)23(26,27)28)21(33)30-12-6-7-31(34)15(10-12)20(29)32/h4-7,10-11,16,19,34H,8-9H2,1-3H3,(H2,29,32)/t11-,16-,19+,22+/m0/s1. The maximum absolute atomic E-state index is 14.8. The van der Waals surface area contributed by atoms with Gasteiger partial charge in [-0.2, -0.15) is 22.3 Å². The summed E-state index contributed by atoms with van der Waals surface area (Å²) in [6.45, 7) is 1.12. The molecule has 1 aromatic carbocycles. The van der Waals surface area contributed by atoms with E-state index in [2.05, 4.69) is 4.99 Å². The van der Waals surface area contributed by atoms with Crippen LogP contribution in [0.1, 0.15) is 35.8 Å². The van der Waals surface area contributed by atoms with Crippen molar-refractivity contribution in [1.29, 1.82) is 0 Å². The molecule has 0 spiro atoms. The maximum Gasteiger partial charge on any atom is 0.417 e. The van der Waals surface area contributed by atoms with Crippen molar-refractivity contribution in [3.8, 4) is 5.75 Å². The van der Waals surface area contributed by atoms with Crippen LogP contribution in [0.25, 0.3) is 0 Å². The van der Waals surface area contributed by atoms with Crippen molar-refractivity contribution in [2.75, 3.05) is 18.6 Å². The SMILES string of the molecule is C[C@H]1[C@@H](c2ccc(F)c(F)c2OCCS(C)(=O)=O)[C@H](C(=O)N=c2ccn(O)c(C(N)=O)c2)O[C@@]1(C)C(F)(F)F. The molecule has 0 radical (unpaired) electrons. The molecular formula is C23H24F5N3O7S. The van der Waals surface area contributed by atoms with Crippen molar-refractivity contribution < 1.29 is 54.6 Å². The predicted octanol–water partition coefficient (Wildman–Crippen LogP) is 2.09. The first-order chi connectivity index (χ1) is 17.9. The molecule has 0 aliphatic carbocycles. The first-order valence-corrected chi connectivity index (χ1v) is 13.3. The summed E-state index contributed by atoms with van der Waals surface area (Å²) >= 11 is 0. The number of benzene rings is 1. The average Bonchev–Trinajstić information content (AvgIpc) is 3.09. The van der Waals surface area contributed by atoms with Crippen LogP contribution in [0.4, 0.5) is 22.0 Å². The van der Waals surface area contributed by atoms with Crippen molar-refractivity contribution in [3.63, 3.8) is 0 Å². The van der Waals surface area contributed by atoms with Crippen LogP contribution in [0.3, 0.4) is 0 Å². The van der Waals surface area contributed by atoms with E-state index in [9.17, 15) is 45.2 Å². The van der Waals surface area contributed by atoms with E-state index in [1.807, 2.05) is 0 Å². The van der Waals surface area contributed by atoms with Crippen molar-refractivity contribution in [2.45, 2.75) is 37.6 Å². The third-order valence-electron chi connectivity index (χ3n) is 6.46. The Bertz CT molecular complexity index is 1480. The molecule has 4 atom stereocenters. The number of amides is 2. The van der Waals surface area contributed by atoms with E-state index in [0.29, 0.717) is 17.7 Å². The smallest absolute Gasteiger partial charge is 0.417 e. The number of pyridine rings is 1. The van der Waals surface area contributed by atoms with Crippen LogP contribution >= 0.6 is 0 Å². The molecule has 16 heteroatoms. The van der Waals surface area contributed by atoms with Gasteiger partial charge in [-0.3, -0.25) is 9.59 Å². The number of nitrogens with zero attached hydrogens (tertiary/aromatic N) is 2. The van der Waals surface area contributed by atoms with E-state index < -0.39 is 86.8 Å². The minimum Gasteiger partial charge on any atom is -0.489 e. The largest absolute Gasteiger partial charge is 0.489 e. The van der Waals surface area contributed by atoms with Gasteiger partial charge in [0.25, 0.3) is 11.8 Å². The zero-order chi connectivity index (χ0) is 29.5. The summed E-state index contributed by atoms with van der Waals surface area (Å²) in [5.41, 5.74) is 1.30. The van der Waals surface area contributed by atoms with E-state index in [4.69, 9.17) is 15.2 Å². The fraction of sp³-hybridized carbons (Fsp3) is 0.435. The van der Waals surface area contributed by atoms with E-state index in [0.717, 1.165) is 37.6 Å². The second-order valence-corrected chi connectivity index (χ2v) is 11.4. The quantitative estimate of drug-likeness (QED) is 0.376. The first-order valence-electron chi connectivity index (χ1n) is 11.2. The lowest BCUT2D eigenvalue weighted by Gasteiger charge is -2.32. The lowest BCUT2D eigenvalue weighted by Crippen LogP contribution is -2.47. The zero-order valence-corrected chi connectivity index (χ0v) is 21.5. The Morgan fingerprint density at radius 2 is 1.90 bits per heavy atom. The Hall–Kier alpha value is -3.53. The van der Waals surface area contributed by atoms with Crippen molar-refractivity contribution in [3.05, 3.63) is 58.7 Å². The number of halogens is 5. The molecule has 2 heterocycles. The van der Waals surface area contributed by atoms with Crippen molar-refractivity contribution in [2.24, 2.45) is 16.6 Å². The lowest BCUT2D eigenvalue weighted by atomic mass is 9.77. The normalized spacial score (nSPS) is 24.1. The minimum absolute atomic E-state index is 0.273. The number of carbonyl (C=O) groups excluding carboxylic acids is 2. The molecule has 0 bridgehead atoms. The van der Waals surface area contributed by atoms with Gasteiger partial charge in [0.2, 0.25) is 5.82 Å². The van der Waals surface area contributed by atoms with Crippen LogP contribution in [0.15, 0.2) is 35.5 Å². The number of nitrogens with two attached hydrogens (primary N) is 1. The van der Waals surface area contributed by atoms with Gasteiger partial charge in [-0.05, 0) is 25.1 Å². The van der Waals surface area contributed by atoms with E-state index in [-0.39, 0.29) is 10.9 Å². The summed E-state index contributed by atoms with van der Waals surface area (Å²) in [5.74, 6) is -10.1. The summed E-state index contributed by atoms with van der Waals surface area (Å²) < 4.78 is 105. The van der Waals surface area contributed by atoms with Gasteiger partial charge in [-0.1, -0.05) is 13.0 Å². The first kappa shape index (κ1) is 30.0. The van der Waals surface area contributed by atoms with Crippen LogP contribution in [-0.4, -0.2) is 66.7 Å². The third-order valence-corrected chi connectivity index (χ3v) is 7.37. The van der Waals surface area contributed by atoms with Crippen LogP contribution in [0.5, 0.6) is 5.75 Å². The van der Waals surface area contributed by atoms with Gasteiger partial charge in [0, 0.05) is 29.9 Å². The molecule has 1 aliphatic rings. The monoisotopic (exact) mass is 581 g/mol. The summed E-state index contributed by atoms with van der Waals surface area (Å²) in [5, 5.41) is 9.38. The summed E-state index contributed by atoms with van der Waals surface area (Å²) in [4.78, 5) is 28.4. The topological polar surface area (TPSA) is 150 Å². The van der Waals surface area contributed by atoms with Gasteiger partial charge in [0.1, 0.15) is 18.4 Å². The lowest BCUT2D eigenvalue weighted by molar-refractivity contribution is -0.272. The van der Waals surface area contributed by atoms with Gasteiger partial charge in [-0.25, -0.2) is 17.8 Å². The average molecular weight is 582 g/mol. The number of primary amides is 1. The number of hydrogen-bond donors (Lipinski definition) is 2. The summed E-state index contributed by atoms with van der Waals surface area (Å²) in [6.07, 6.45) is -5.26. The molecule has 1 aliphatic heterocycles. The minimum atomic E-state index is -5.02. The number of rotatable bonds is 7. The maximum atomic E-state index is 14.8. The highest BCUT2D eigenvalue weighted by atomic mass is 32.2. The van der Waals surface area contributed by atoms with Crippen molar-refractivity contribution >= 4 is 21.7 Å². The molecule has 3 N–H and O–H groups in total. The van der Waals surface area contributed by atoms with E-state index in [1.165, 1.54) is 0 Å². The van der Waals surface area contributed by atoms with E-state index in [1.54, 1.807) is 0 Å². The number of ether oxygens (including phenoxy) is 2. The van der Waals surface area contributed by atoms with Crippen LogP contribution in [0.2, 0.25) is 0 Å². The molecule has 1 aromatic heterocycles. The van der Waals surface area contributed by atoms with Crippen LogP contribution in [0, 0.1) is 17.6 Å². The highest BCUT2D eigenvalue weighted by Crippen LogP contribution is 2.55. The fourth-order valence-corrected chi connectivity index (χ4v) is 4.57. The molecule has 3 rings (SSSR count). The number of aromatic nitrogens is 1. The molecule has 10 nitrogen and oxygen atoms in total. The Kier molecular flexibility index (Phi) is 8.13. The number of sulfone groups is 1. The highest BCUT2D eigenvalue weighted by molar-refractivity contribution is 7.90. The van der Waals surface area contributed by atoms with Crippen LogP contribution in [-0.2, 0) is 19.4 Å². The fourth-order valence-electron chi connectivity index (χ4n) is 4.19. The molecular weight excluding hydrogens is 557 g/mol. The number of carbonyl (C=O) groups is 2.